The largest absolute Gasteiger partial charge is 0.370 e. The van der Waals surface area contributed by atoms with E-state index in [0.717, 1.165) is 24.5 Å². The first kappa shape index (κ1) is 19.6. The van der Waals surface area contributed by atoms with Gasteiger partial charge in [0, 0.05) is 12.1 Å². The van der Waals surface area contributed by atoms with Crippen LogP contribution in [0.4, 0.5) is 5.82 Å². The summed E-state index contributed by atoms with van der Waals surface area (Å²) in [4.78, 5) is 0. The Morgan fingerprint density at radius 1 is 0.806 bits per heavy atom. The van der Waals surface area contributed by atoms with Crippen LogP contribution in [0.25, 0.3) is 5.69 Å². The Balaban J connectivity index is 1.73. The minimum absolute atomic E-state index is 0.115. The highest BCUT2D eigenvalue weighted by Crippen LogP contribution is 2.38. The van der Waals surface area contributed by atoms with Crippen molar-refractivity contribution in [2.24, 2.45) is 0 Å². The molecule has 0 aliphatic carbocycles. The molecule has 0 unspecified atom stereocenters. The molecule has 0 amide bonds. The number of fused-ring (bicyclic) bond motifs is 1. The lowest BCUT2D eigenvalue weighted by Crippen LogP contribution is -2.08. The molecule has 156 valence electrons. The van der Waals surface area contributed by atoms with E-state index in [0.29, 0.717) is 0 Å². The fourth-order valence-electron chi connectivity index (χ4n) is 4.60. The van der Waals surface area contributed by atoms with Gasteiger partial charge in [-0.25, -0.2) is 4.68 Å². The summed E-state index contributed by atoms with van der Waals surface area (Å²) in [5.74, 6) is 1.27. The van der Waals surface area contributed by atoms with Crippen LogP contribution in [0.1, 0.15) is 52.3 Å². The second-order valence-corrected chi connectivity index (χ2v) is 8.53. The molecule has 1 aliphatic rings. The van der Waals surface area contributed by atoms with E-state index in [9.17, 15) is 0 Å². The molecule has 1 aromatic heterocycles. The highest BCUT2D eigenvalue weighted by Gasteiger charge is 2.28. The van der Waals surface area contributed by atoms with Gasteiger partial charge in [-0.15, -0.1) is 0 Å². The maximum Gasteiger partial charge on any atom is 0.133 e. The van der Waals surface area contributed by atoms with Crippen LogP contribution in [0.5, 0.6) is 0 Å². The zero-order chi connectivity index (χ0) is 21.2. The quantitative estimate of drug-likeness (QED) is 0.423. The summed E-state index contributed by atoms with van der Waals surface area (Å²) in [6.45, 7) is 5.32. The van der Waals surface area contributed by atoms with Crippen LogP contribution in [0.2, 0.25) is 0 Å². The molecule has 3 aromatic carbocycles. The van der Waals surface area contributed by atoms with Gasteiger partial charge in [0.25, 0.3) is 0 Å². The number of aromatic nitrogens is 2. The molecule has 4 aromatic rings. The number of anilines is 1. The summed E-state index contributed by atoms with van der Waals surface area (Å²) >= 11 is 0. The average Bonchev–Trinajstić information content (AvgIpc) is 2.98. The van der Waals surface area contributed by atoms with Crippen molar-refractivity contribution in [2.45, 2.75) is 39.0 Å². The third kappa shape index (κ3) is 3.76. The van der Waals surface area contributed by atoms with Crippen molar-refractivity contribution in [3.63, 3.8) is 0 Å². The Hall–Kier alpha value is -3.33. The summed E-state index contributed by atoms with van der Waals surface area (Å²) in [6, 6.07) is 28.2. The Labute approximate surface area is 184 Å². The van der Waals surface area contributed by atoms with Crippen LogP contribution >= 0.6 is 0 Å². The summed E-state index contributed by atoms with van der Waals surface area (Å²) < 4.78 is 2.14. The summed E-state index contributed by atoms with van der Waals surface area (Å²) in [5, 5.41) is 8.99. The van der Waals surface area contributed by atoms with Crippen LogP contribution < -0.4 is 5.32 Å². The topological polar surface area (TPSA) is 29.9 Å². The third-order valence-corrected chi connectivity index (χ3v) is 6.43. The SMILES string of the molecule is Cc1ccc(-n2nc(C(c3ccccc3)c3ccccc3)c3c2NCCCC3)cc1C. The molecule has 0 saturated carbocycles. The van der Waals surface area contributed by atoms with Crippen molar-refractivity contribution in [3.8, 4) is 5.69 Å². The number of hydrogen-bond acceptors (Lipinski definition) is 2. The Morgan fingerprint density at radius 3 is 2.13 bits per heavy atom. The van der Waals surface area contributed by atoms with E-state index >= 15 is 0 Å². The van der Waals surface area contributed by atoms with Crippen molar-refractivity contribution in [2.75, 3.05) is 11.9 Å². The van der Waals surface area contributed by atoms with Gasteiger partial charge in [-0.2, -0.15) is 5.10 Å². The zero-order valence-corrected chi connectivity index (χ0v) is 18.3. The molecule has 1 N–H and O–H groups in total. The van der Waals surface area contributed by atoms with Gasteiger partial charge in [-0.3, -0.25) is 0 Å². The third-order valence-electron chi connectivity index (χ3n) is 6.43. The van der Waals surface area contributed by atoms with Gasteiger partial charge in [-0.1, -0.05) is 66.7 Å². The van der Waals surface area contributed by atoms with Crippen LogP contribution in [0, 0.1) is 13.8 Å². The second-order valence-electron chi connectivity index (χ2n) is 8.53. The number of nitrogens with one attached hydrogen (secondary N) is 1. The number of rotatable bonds is 4. The molecule has 0 spiro atoms. The second kappa shape index (κ2) is 8.43. The smallest absolute Gasteiger partial charge is 0.133 e. The lowest BCUT2D eigenvalue weighted by atomic mass is 9.86. The Bertz CT molecular complexity index is 1140. The zero-order valence-electron chi connectivity index (χ0n) is 18.3. The van der Waals surface area contributed by atoms with E-state index in [1.54, 1.807) is 0 Å². The van der Waals surface area contributed by atoms with Gasteiger partial charge in [0.15, 0.2) is 0 Å². The fourth-order valence-corrected chi connectivity index (χ4v) is 4.60. The van der Waals surface area contributed by atoms with Crippen LogP contribution in [-0.2, 0) is 6.42 Å². The van der Waals surface area contributed by atoms with E-state index in [2.05, 4.69) is 103 Å². The van der Waals surface area contributed by atoms with Crippen molar-refractivity contribution in [1.82, 2.24) is 9.78 Å². The number of nitrogens with zero attached hydrogens (tertiary/aromatic N) is 2. The molecule has 3 heteroatoms. The van der Waals surface area contributed by atoms with Crippen LogP contribution in [0.15, 0.2) is 78.9 Å². The lowest BCUT2D eigenvalue weighted by molar-refractivity contribution is 0.754. The van der Waals surface area contributed by atoms with Gasteiger partial charge in [-0.05, 0) is 67.5 Å². The first-order valence-electron chi connectivity index (χ1n) is 11.3. The van der Waals surface area contributed by atoms with Crippen molar-refractivity contribution < 1.29 is 0 Å². The van der Waals surface area contributed by atoms with E-state index in [-0.39, 0.29) is 5.92 Å². The molecule has 2 heterocycles. The molecule has 5 rings (SSSR count). The van der Waals surface area contributed by atoms with Gasteiger partial charge in [0.05, 0.1) is 17.3 Å². The highest BCUT2D eigenvalue weighted by atomic mass is 15.3. The molecule has 0 saturated heterocycles. The summed E-state index contributed by atoms with van der Waals surface area (Å²) in [7, 11) is 0. The molecule has 31 heavy (non-hydrogen) atoms. The lowest BCUT2D eigenvalue weighted by Gasteiger charge is -2.18. The average molecular weight is 408 g/mol. The van der Waals surface area contributed by atoms with E-state index < -0.39 is 0 Å². The first-order chi connectivity index (χ1) is 15.2. The predicted octanol–water partition coefficient (Wildman–Crippen LogP) is 6.42. The molecular formula is C28H29N3. The molecule has 0 fully saturated rings. The van der Waals surface area contributed by atoms with Crippen LogP contribution in [-0.4, -0.2) is 16.3 Å². The molecule has 0 radical (unpaired) electrons. The predicted molar refractivity (Wildman–Crippen MR) is 128 cm³/mol. The van der Waals surface area contributed by atoms with E-state index in [4.69, 9.17) is 5.10 Å². The summed E-state index contributed by atoms with van der Waals surface area (Å²) in [5.41, 5.74) is 8.81. The van der Waals surface area contributed by atoms with Gasteiger partial charge in [0.1, 0.15) is 5.82 Å². The maximum absolute atomic E-state index is 5.28. The van der Waals surface area contributed by atoms with Crippen molar-refractivity contribution in [3.05, 3.63) is 112 Å². The standard InChI is InChI=1S/C28H29N3/c1-20-16-17-24(19-21(20)2)31-28-25(15-9-10-18-29-28)27(30-31)26(22-11-5-3-6-12-22)23-13-7-4-8-14-23/h3-8,11-14,16-17,19,26,29H,9-10,15,18H2,1-2H3. The monoisotopic (exact) mass is 407 g/mol. The first-order valence-corrected chi connectivity index (χ1v) is 11.3. The summed E-state index contributed by atoms with van der Waals surface area (Å²) in [6.07, 6.45) is 3.42. The van der Waals surface area contributed by atoms with Gasteiger partial charge in [0.2, 0.25) is 0 Å². The van der Waals surface area contributed by atoms with E-state index in [1.165, 1.54) is 46.4 Å². The number of benzene rings is 3. The Morgan fingerprint density at radius 2 is 1.48 bits per heavy atom. The minimum atomic E-state index is 0.115. The van der Waals surface area contributed by atoms with Crippen molar-refractivity contribution in [1.29, 1.82) is 0 Å². The maximum atomic E-state index is 5.28. The Kier molecular flexibility index (Phi) is 5.33. The molecular weight excluding hydrogens is 378 g/mol. The van der Waals surface area contributed by atoms with Crippen molar-refractivity contribution >= 4 is 5.82 Å². The van der Waals surface area contributed by atoms with E-state index in [1.807, 2.05) is 0 Å². The van der Waals surface area contributed by atoms with Gasteiger partial charge >= 0.3 is 0 Å². The molecule has 1 aliphatic heterocycles. The number of hydrogen-bond donors (Lipinski definition) is 1. The fraction of sp³-hybridized carbons (Fsp3) is 0.250. The molecule has 0 bridgehead atoms. The number of aryl methyl sites for hydroxylation is 2. The van der Waals surface area contributed by atoms with Crippen LogP contribution in [0.3, 0.4) is 0 Å². The molecule has 3 nitrogen and oxygen atoms in total. The minimum Gasteiger partial charge on any atom is -0.370 e. The van der Waals surface area contributed by atoms with Gasteiger partial charge < -0.3 is 5.32 Å². The highest BCUT2D eigenvalue weighted by molar-refractivity contribution is 5.58. The normalized spacial score (nSPS) is 13.5. The molecule has 0 atom stereocenters.